The zero-order chi connectivity index (χ0) is 25.3. The van der Waals surface area contributed by atoms with Gasteiger partial charge in [0.15, 0.2) is 5.16 Å². The largest absolute Gasteiger partial charge is 0.497 e. The highest BCUT2D eigenvalue weighted by Gasteiger charge is 2.17. The molecule has 3 aromatic carbocycles. The van der Waals surface area contributed by atoms with E-state index in [1.165, 1.54) is 17.8 Å². The van der Waals surface area contributed by atoms with Gasteiger partial charge in [-0.15, -0.1) is 10.2 Å². The summed E-state index contributed by atoms with van der Waals surface area (Å²) in [6.45, 7) is 0.370. The van der Waals surface area contributed by atoms with E-state index in [0.29, 0.717) is 41.0 Å². The first-order valence-corrected chi connectivity index (χ1v) is 12.4. The lowest BCUT2D eigenvalue weighted by molar-refractivity contribution is -0.121. The molecule has 7 nitrogen and oxygen atoms in total. The predicted octanol–water partition coefficient (Wildman–Crippen LogP) is 4.96. The zero-order valence-electron chi connectivity index (χ0n) is 20.1. The molecule has 0 fully saturated rings. The van der Waals surface area contributed by atoms with Crippen molar-refractivity contribution >= 4 is 17.7 Å². The molecule has 0 unspecified atom stereocenters. The first-order chi connectivity index (χ1) is 17.6. The van der Waals surface area contributed by atoms with Crippen LogP contribution in [-0.4, -0.2) is 34.9 Å². The molecule has 1 aromatic heterocycles. The molecule has 0 aliphatic rings. The number of nitrogens with one attached hydrogen (secondary N) is 1. The Balaban J connectivity index is 1.49. The number of thioether (sulfide) groups is 1. The van der Waals surface area contributed by atoms with Crippen molar-refractivity contribution in [2.75, 3.05) is 14.2 Å². The van der Waals surface area contributed by atoms with Gasteiger partial charge in [0.25, 0.3) is 0 Å². The second-order valence-corrected chi connectivity index (χ2v) is 8.85. The van der Waals surface area contributed by atoms with Crippen LogP contribution in [0.2, 0.25) is 0 Å². The van der Waals surface area contributed by atoms with Crippen molar-refractivity contribution in [1.29, 1.82) is 0 Å². The number of aryl methyl sites for hydroxylation is 1. The van der Waals surface area contributed by atoms with Crippen molar-refractivity contribution in [2.24, 2.45) is 0 Å². The average Bonchev–Trinajstić information content (AvgIpc) is 3.33. The Labute approximate surface area is 213 Å². The molecule has 4 aromatic rings. The monoisotopic (exact) mass is 506 g/mol. The molecule has 9 heteroatoms. The number of carbonyl (C=O) groups excluding carboxylic acids is 1. The molecule has 0 aliphatic heterocycles. The van der Waals surface area contributed by atoms with Crippen LogP contribution in [0.4, 0.5) is 4.39 Å². The van der Waals surface area contributed by atoms with Gasteiger partial charge in [0, 0.05) is 36.8 Å². The van der Waals surface area contributed by atoms with Gasteiger partial charge in [-0.05, 0) is 29.8 Å². The highest BCUT2D eigenvalue weighted by Crippen LogP contribution is 2.28. The van der Waals surface area contributed by atoms with E-state index < -0.39 is 0 Å². The van der Waals surface area contributed by atoms with E-state index >= 15 is 0 Å². The van der Waals surface area contributed by atoms with Crippen LogP contribution in [0.1, 0.15) is 23.4 Å². The van der Waals surface area contributed by atoms with Gasteiger partial charge in [0.2, 0.25) is 5.91 Å². The fourth-order valence-corrected chi connectivity index (χ4v) is 4.64. The molecule has 0 saturated carbocycles. The van der Waals surface area contributed by atoms with Gasteiger partial charge < -0.3 is 14.8 Å². The maximum absolute atomic E-state index is 14.1. The number of methoxy groups -OCH3 is 2. The smallest absolute Gasteiger partial charge is 0.220 e. The first kappa shape index (κ1) is 25.2. The lowest BCUT2D eigenvalue weighted by Gasteiger charge is -2.12. The van der Waals surface area contributed by atoms with Crippen LogP contribution in [-0.2, 0) is 23.5 Å². The third kappa shape index (κ3) is 6.23. The number of carbonyl (C=O) groups is 1. The molecule has 0 atom stereocenters. The summed E-state index contributed by atoms with van der Waals surface area (Å²) >= 11 is 1.38. The molecule has 1 amide bonds. The summed E-state index contributed by atoms with van der Waals surface area (Å²) in [6.07, 6.45) is 0.609. The van der Waals surface area contributed by atoms with Gasteiger partial charge >= 0.3 is 0 Å². The molecule has 1 heterocycles. The maximum Gasteiger partial charge on any atom is 0.220 e. The number of aromatic nitrogens is 3. The Morgan fingerprint density at radius 2 is 1.75 bits per heavy atom. The van der Waals surface area contributed by atoms with E-state index in [1.807, 2.05) is 53.1 Å². The third-order valence-corrected chi connectivity index (χ3v) is 6.55. The number of amides is 1. The van der Waals surface area contributed by atoms with Crippen molar-refractivity contribution in [1.82, 2.24) is 20.1 Å². The number of halogens is 1. The number of rotatable bonds is 11. The highest BCUT2D eigenvalue weighted by molar-refractivity contribution is 7.98. The molecule has 186 valence electrons. The number of nitrogens with zero attached hydrogens (tertiary/aromatic N) is 3. The van der Waals surface area contributed by atoms with Crippen LogP contribution in [0.15, 0.2) is 78.0 Å². The van der Waals surface area contributed by atoms with E-state index in [4.69, 9.17) is 9.47 Å². The van der Waals surface area contributed by atoms with E-state index in [1.54, 1.807) is 32.4 Å². The van der Waals surface area contributed by atoms with Crippen LogP contribution in [0.3, 0.4) is 0 Å². The third-order valence-electron chi connectivity index (χ3n) is 5.57. The summed E-state index contributed by atoms with van der Waals surface area (Å²) in [6, 6.07) is 21.8. The van der Waals surface area contributed by atoms with Crippen molar-refractivity contribution in [3.63, 3.8) is 0 Å². The molecule has 0 radical (unpaired) electrons. The lowest BCUT2D eigenvalue weighted by Crippen LogP contribution is -2.23. The van der Waals surface area contributed by atoms with E-state index in [-0.39, 0.29) is 18.1 Å². The van der Waals surface area contributed by atoms with Crippen LogP contribution in [0.25, 0.3) is 5.69 Å². The molecule has 0 aliphatic carbocycles. The Bertz CT molecular complexity index is 1330. The van der Waals surface area contributed by atoms with E-state index in [2.05, 4.69) is 15.5 Å². The highest BCUT2D eigenvalue weighted by atomic mass is 32.2. The van der Waals surface area contributed by atoms with Gasteiger partial charge in [0.1, 0.15) is 23.1 Å². The number of hydrogen-bond donors (Lipinski definition) is 1. The van der Waals surface area contributed by atoms with Crippen molar-refractivity contribution in [3.05, 3.63) is 95.6 Å². The molecule has 0 saturated heterocycles. The number of ether oxygens (including phenoxy) is 2. The fraction of sp³-hybridized carbons (Fsp3) is 0.222. The number of para-hydroxylation sites is 1. The Morgan fingerprint density at radius 3 is 2.53 bits per heavy atom. The average molecular weight is 507 g/mol. The lowest BCUT2D eigenvalue weighted by atomic mass is 10.2. The van der Waals surface area contributed by atoms with Crippen LogP contribution in [0.5, 0.6) is 11.5 Å². The van der Waals surface area contributed by atoms with Crippen LogP contribution in [0, 0.1) is 5.82 Å². The maximum atomic E-state index is 14.1. The SMILES string of the molecule is COc1cccc(-n2c(CCC(=O)NCc3ccccc3OC)nnc2SCc2ccccc2F)c1. The summed E-state index contributed by atoms with van der Waals surface area (Å²) in [7, 11) is 3.21. The molecular formula is C27H27FN4O3S. The van der Waals surface area contributed by atoms with Gasteiger partial charge in [-0.3, -0.25) is 9.36 Å². The Kier molecular flexibility index (Phi) is 8.57. The minimum absolute atomic E-state index is 0.110. The van der Waals surface area contributed by atoms with Crippen molar-refractivity contribution < 1.29 is 18.7 Å². The fourth-order valence-electron chi connectivity index (χ4n) is 3.68. The van der Waals surface area contributed by atoms with Crippen LogP contribution >= 0.6 is 11.8 Å². The van der Waals surface area contributed by atoms with Crippen LogP contribution < -0.4 is 14.8 Å². The second-order valence-electron chi connectivity index (χ2n) is 7.90. The van der Waals surface area contributed by atoms with Gasteiger partial charge in [-0.25, -0.2) is 4.39 Å². The first-order valence-electron chi connectivity index (χ1n) is 11.4. The standard InChI is InChI=1S/C27H27FN4O3S/c1-34-22-11-7-10-21(16-22)32-25(30-31-27(32)36-18-20-9-3-5-12-23(20)28)14-15-26(33)29-17-19-8-4-6-13-24(19)35-2/h3-13,16H,14-15,17-18H2,1-2H3,(H,29,33). The molecule has 0 bridgehead atoms. The summed E-state index contributed by atoms with van der Waals surface area (Å²) in [5.74, 6) is 2.07. The van der Waals surface area contributed by atoms with Crippen molar-refractivity contribution in [2.45, 2.75) is 30.3 Å². The molecule has 0 spiro atoms. The summed E-state index contributed by atoms with van der Waals surface area (Å²) in [5.41, 5.74) is 2.29. The van der Waals surface area contributed by atoms with Gasteiger partial charge in [0.05, 0.1) is 19.9 Å². The normalized spacial score (nSPS) is 10.8. The topological polar surface area (TPSA) is 78.3 Å². The summed E-state index contributed by atoms with van der Waals surface area (Å²) < 4.78 is 26.8. The summed E-state index contributed by atoms with van der Waals surface area (Å²) in [5, 5.41) is 12.3. The van der Waals surface area contributed by atoms with Gasteiger partial charge in [-0.1, -0.05) is 54.2 Å². The number of benzene rings is 3. The second kappa shape index (κ2) is 12.2. The molecule has 36 heavy (non-hydrogen) atoms. The molecule has 4 rings (SSSR count). The van der Waals surface area contributed by atoms with E-state index in [0.717, 1.165) is 17.0 Å². The van der Waals surface area contributed by atoms with Gasteiger partial charge in [-0.2, -0.15) is 0 Å². The summed E-state index contributed by atoms with van der Waals surface area (Å²) in [4.78, 5) is 12.6. The Morgan fingerprint density at radius 1 is 0.972 bits per heavy atom. The van der Waals surface area contributed by atoms with Crippen molar-refractivity contribution in [3.8, 4) is 17.2 Å². The minimum atomic E-state index is -0.260. The molecule has 1 N–H and O–H groups in total. The van der Waals surface area contributed by atoms with E-state index in [9.17, 15) is 9.18 Å². The Hall–Kier alpha value is -3.85. The quantitative estimate of drug-likeness (QED) is 0.290. The number of hydrogen-bond acceptors (Lipinski definition) is 6. The molecular weight excluding hydrogens is 479 g/mol. The minimum Gasteiger partial charge on any atom is -0.497 e. The predicted molar refractivity (Wildman–Crippen MR) is 137 cm³/mol. The zero-order valence-corrected chi connectivity index (χ0v) is 20.9.